The molecule has 2 heteroatoms. The largest absolute Gasteiger partial charge is 0.395 e. The van der Waals surface area contributed by atoms with Crippen LogP contribution < -0.4 is 0 Å². The maximum absolute atomic E-state index is 11.6. The minimum absolute atomic E-state index is 0.0174. The van der Waals surface area contributed by atoms with Gasteiger partial charge in [-0.3, -0.25) is 4.79 Å². The zero-order valence-corrected chi connectivity index (χ0v) is 8.77. The Labute approximate surface area is 75.0 Å². The molecule has 0 fully saturated rings. The molecule has 12 heavy (non-hydrogen) atoms. The van der Waals surface area contributed by atoms with Crippen molar-refractivity contribution < 1.29 is 9.90 Å². The molecule has 0 aromatic carbocycles. The van der Waals surface area contributed by atoms with Crippen molar-refractivity contribution in [1.29, 1.82) is 0 Å². The molecule has 0 saturated heterocycles. The highest BCUT2D eigenvalue weighted by Gasteiger charge is 2.29. The van der Waals surface area contributed by atoms with Gasteiger partial charge >= 0.3 is 0 Å². The third-order valence-electron chi connectivity index (χ3n) is 1.84. The minimum Gasteiger partial charge on any atom is -0.395 e. The van der Waals surface area contributed by atoms with Gasteiger partial charge in [0.15, 0.2) is 0 Å². The molecule has 0 rings (SSSR count). The summed E-state index contributed by atoms with van der Waals surface area (Å²) in [6, 6.07) is 0. The van der Waals surface area contributed by atoms with Crippen LogP contribution in [0.4, 0.5) is 0 Å². The average molecular weight is 172 g/mol. The molecule has 0 atom stereocenters. The third kappa shape index (κ3) is 3.86. The van der Waals surface area contributed by atoms with Gasteiger partial charge < -0.3 is 5.11 Å². The minimum atomic E-state index is -0.576. The quantitative estimate of drug-likeness (QED) is 0.707. The van der Waals surface area contributed by atoms with E-state index in [1.54, 1.807) is 13.8 Å². The summed E-state index contributed by atoms with van der Waals surface area (Å²) in [5, 5.41) is 8.94. The van der Waals surface area contributed by atoms with Crippen LogP contribution in [0.3, 0.4) is 0 Å². The van der Waals surface area contributed by atoms with Crippen molar-refractivity contribution in [2.24, 2.45) is 10.8 Å². The van der Waals surface area contributed by atoms with Gasteiger partial charge in [0.25, 0.3) is 0 Å². The molecule has 0 heterocycles. The second-order valence-corrected chi connectivity index (χ2v) is 5.20. The maximum atomic E-state index is 11.6. The molecule has 0 aromatic rings. The second kappa shape index (κ2) is 3.56. The van der Waals surface area contributed by atoms with Crippen molar-refractivity contribution in [3.63, 3.8) is 0 Å². The summed E-state index contributed by atoms with van der Waals surface area (Å²) in [5.74, 6) is 0.137. The SMILES string of the molecule is CC(C)(C)CC(=O)C(C)(C)CO. The van der Waals surface area contributed by atoms with Crippen LogP contribution >= 0.6 is 0 Å². The Kier molecular flexibility index (Phi) is 3.45. The number of Topliss-reactive ketones (excluding diaryl/α,β-unsaturated/α-hetero) is 1. The number of carbonyl (C=O) groups excluding carboxylic acids is 1. The normalized spacial score (nSPS) is 13.2. The monoisotopic (exact) mass is 172 g/mol. The molecule has 2 nitrogen and oxygen atoms in total. The molecule has 0 amide bonds. The van der Waals surface area contributed by atoms with Crippen LogP contribution in [0.25, 0.3) is 0 Å². The number of hydrogen-bond acceptors (Lipinski definition) is 2. The summed E-state index contributed by atoms with van der Waals surface area (Å²) in [4.78, 5) is 11.6. The molecule has 0 bridgehead atoms. The molecule has 72 valence electrons. The molecule has 0 radical (unpaired) electrons. The van der Waals surface area contributed by atoms with E-state index in [0.717, 1.165) is 0 Å². The summed E-state index contributed by atoms with van der Waals surface area (Å²) >= 11 is 0. The van der Waals surface area contributed by atoms with Crippen molar-refractivity contribution in [3.8, 4) is 0 Å². The van der Waals surface area contributed by atoms with Gasteiger partial charge in [-0.15, -0.1) is 0 Å². The maximum Gasteiger partial charge on any atom is 0.141 e. The molecular formula is C10H20O2. The zero-order chi connectivity index (χ0) is 9.99. The Hall–Kier alpha value is -0.370. The Bertz CT molecular complexity index is 163. The highest BCUT2D eigenvalue weighted by molar-refractivity contribution is 5.84. The van der Waals surface area contributed by atoms with Gasteiger partial charge in [-0.2, -0.15) is 0 Å². The van der Waals surface area contributed by atoms with Gasteiger partial charge in [0.1, 0.15) is 5.78 Å². The lowest BCUT2D eigenvalue weighted by Crippen LogP contribution is -2.31. The number of aliphatic hydroxyl groups is 1. The van der Waals surface area contributed by atoms with E-state index >= 15 is 0 Å². The van der Waals surface area contributed by atoms with Crippen LogP contribution in [0.5, 0.6) is 0 Å². The van der Waals surface area contributed by atoms with E-state index in [4.69, 9.17) is 5.11 Å². The third-order valence-corrected chi connectivity index (χ3v) is 1.84. The number of carbonyl (C=O) groups is 1. The van der Waals surface area contributed by atoms with Crippen molar-refractivity contribution >= 4 is 5.78 Å². The Balaban J connectivity index is 4.23. The van der Waals surface area contributed by atoms with Gasteiger partial charge in [0, 0.05) is 11.8 Å². The lowest BCUT2D eigenvalue weighted by molar-refractivity contribution is -0.130. The van der Waals surface area contributed by atoms with Crippen molar-refractivity contribution in [3.05, 3.63) is 0 Å². The van der Waals surface area contributed by atoms with E-state index in [9.17, 15) is 4.79 Å². The van der Waals surface area contributed by atoms with Gasteiger partial charge in [0.05, 0.1) is 6.61 Å². The Morgan fingerprint density at radius 3 is 1.83 bits per heavy atom. The molecule has 0 aromatic heterocycles. The lowest BCUT2D eigenvalue weighted by atomic mass is 9.79. The topological polar surface area (TPSA) is 37.3 Å². The molecule has 1 N–H and O–H groups in total. The summed E-state index contributed by atoms with van der Waals surface area (Å²) in [6.45, 7) is 9.57. The first kappa shape index (κ1) is 11.6. The standard InChI is InChI=1S/C10H20O2/c1-9(2,3)6-8(12)10(4,5)7-11/h11H,6-7H2,1-5H3. The van der Waals surface area contributed by atoms with Crippen LogP contribution in [0.15, 0.2) is 0 Å². The molecule has 0 aliphatic carbocycles. The first-order valence-electron chi connectivity index (χ1n) is 4.33. The molecule has 0 unspecified atom stereocenters. The lowest BCUT2D eigenvalue weighted by Gasteiger charge is -2.25. The summed E-state index contributed by atoms with van der Waals surface area (Å²) in [5.41, 5.74) is -0.559. The summed E-state index contributed by atoms with van der Waals surface area (Å²) in [7, 11) is 0. The Morgan fingerprint density at radius 2 is 1.58 bits per heavy atom. The van der Waals surface area contributed by atoms with E-state index in [-0.39, 0.29) is 17.8 Å². The Morgan fingerprint density at radius 1 is 1.17 bits per heavy atom. The average Bonchev–Trinajstić information content (AvgIpc) is 1.84. The highest BCUT2D eigenvalue weighted by atomic mass is 16.3. The molecule has 0 spiro atoms. The summed E-state index contributed by atoms with van der Waals surface area (Å²) in [6.07, 6.45) is 0.528. The fourth-order valence-corrected chi connectivity index (χ4v) is 0.809. The van der Waals surface area contributed by atoms with E-state index in [1.807, 2.05) is 20.8 Å². The molecule has 0 aliphatic heterocycles. The van der Waals surface area contributed by atoms with Gasteiger partial charge in [0.2, 0.25) is 0 Å². The molecule has 0 saturated carbocycles. The number of rotatable bonds is 3. The van der Waals surface area contributed by atoms with Gasteiger partial charge in [-0.05, 0) is 5.41 Å². The predicted octanol–water partition coefficient (Wildman–Crippen LogP) is 2.01. The van der Waals surface area contributed by atoms with E-state index in [2.05, 4.69) is 0 Å². The highest BCUT2D eigenvalue weighted by Crippen LogP contribution is 2.26. The molecule has 0 aliphatic rings. The van der Waals surface area contributed by atoms with Crippen LogP contribution in [0.2, 0.25) is 0 Å². The van der Waals surface area contributed by atoms with Crippen LogP contribution in [-0.2, 0) is 4.79 Å². The number of hydrogen-bond donors (Lipinski definition) is 1. The fraction of sp³-hybridized carbons (Fsp3) is 0.900. The smallest absolute Gasteiger partial charge is 0.141 e. The van der Waals surface area contributed by atoms with Crippen LogP contribution in [0, 0.1) is 10.8 Å². The zero-order valence-electron chi connectivity index (χ0n) is 8.77. The van der Waals surface area contributed by atoms with Crippen molar-refractivity contribution in [2.45, 2.75) is 41.0 Å². The number of ketones is 1. The van der Waals surface area contributed by atoms with Crippen LogP contribution in [0.1, 0.15) is 41.0 Å². The van der Waals surface area contributed by atoms with E-state index in [0.29, 0.717) is 6.42 Å². The van der Waals surface area contributed by atoms with Crippen molar-refractivity contribution in [1.82, 2.24) is 0 Å². The first-order chi connectivity index (χ1) is 5.19. The van der Waals surface area contributed by atoms with Gasteiger partial charge in [-0.25, -0.2) is 0 Å². The summed E-state index contributed by atoms with van der Waals surface area (Å²) < 4.78 is 0. The van der Waals surface area contributed by atoms with Crippen LogP contribution in [-0.4, -0.2) is 17.5 Å². The van der Waals surface area contributed by atoms with E-state index in [1.165, 1.54) is 0 Å². The second-order valence-electron chi connectivity index (χ2n) is 5.20. The van der Waals surface area contributed by atoms with Gasteiger partial charge in [-0.1, -0.05) is 34.6 Å². The number of aliphatic hydroxyl groups excluding tert-OH is 1. The fourth-order valence-electron chi connectivity index (χ4n) is 0.809. The van der Waals surface area contributed by atoms with Crippen molar-refractivity contribution in [2.75, 3.05) is 6.61 Å². The molecular weight excluding hydrogens is 152 g/mol. The van der Waals surface area contributed by atoms with E-state index < -0.39 is 5.41 Å². The first-order valence-corrected chi connectivity index (χ1v) is 4.33. The predicted molar refractivity (Wildman–Crippen MR) is 49.9 cm³/mol.